The molecule has 0 radical (unpaired) electrons. The van der Waals surface area contributed by atoms with Gasteiger partial charge < -0.3 is 10.5 Å². The lowest BCUT2D eigenvalue weighted by atomic mass is 10.1. The molecule has 0 spiro atoms. The standard InChI is InChI=1S/C7H11NO/c1-3-7(2)4-5(7)6(8)9/h3,5H,1,4H2,2H3,(H2,8,9)/p-1/t5-,7?/m1/s1. The van der Waals surface area contributed by atoms with Gasteiger partial charge in [0.1, 0.15) is 0 Å². The first-order valence-electron chi connectivity index (χ1n) is 2.99. The number of rotatable bonds is 2. The molecule has 0 bridgehead atoms. The van der Waals surface area contributed by atoms with Crippen LogP contribution >= 0.6 is 0 Å². The summed E-state index contributed by atoms with van der Waals surface area (Å²) in [4.78, 5) is 0. The lowest BCUT2D eigenvalue weighted by Crippen LogP contribution is -2.20. The van der Waals surface area contributed by atoms with Gasteiger partial charge in [0.15, 0.2) is 0 Å². The van der Waals surface area contributed by atoms with Crippen LogP contribution in [0.15, 0.2) is 12.7 Å². The molecule has 1 aliphatic rings. The molecule has 1 unspecified atom stereocenters. The van der Waals surface area contributed by atoms with Gasteiger partial charge in [-0.15, -0.1) is 6.58 Å². The molecule has 1 rings (SSSR count). The molecule has 9 heavy (non-hydrogen) atoms. The third kappa shape index (κ3) is 0.846. The molecule has 1 aliphatic carbocycles. The number of hydrogen-bond acceptors (Lipinski definition) is 2. The summed E-state index contributed by atoms with van der Waals surface area (Å²) in [6, 6.07) is 0. The Hall–Kier alpha value is -0.790. The second-order valence-electron chi connectivity index (χ2n) is 2.83. The lowest BCUT2D eigenvalue weighted by Gasteiger charge is -2.08. The zero-order chi connectivity index (χ0) is 7.07. The van der Waals surface area contributed by atoms with Crippen LogP contribution in [0.3, 0.4) is 0 Å². The molecule has 0 aromatic rings. The van der Waals surface area contributed by atoms with Crippen LogP contribution in [0, 0.1) is 16.7 Å². The first-order valence-corrected chi connectivity index (χ1v) is 2.99. The van der Waals surface area contributed by atoms with Gasteiger partial charge in [-0.3, -0.25) is 0 Å². The van der Waals surface area contributed by atoms with Gasteiger partial charge in [0.2, 0.25) is 0 Å². The number of allylic oxidation sites excluding steroid dienone is 1. The molecule has 0 aromatic carbocycles. The van der Waals surface area contributed by atoms with Crippen molar-refractivity contribution in [1.82, 2.24) is 0 Å². The summed E-state index contributed by atoms with van der Waals surface area (Å²) >= 11 is 0. The number of hydrogen-bond donors (Lipinski definition) is 1. The van der Waals surface area contributed by atoms with Crippen LogP contribution in [0.5, 0.6) is 0 Å². The van der Waals surface area contributed by atoms with Gasteiger partial charge >= 0.3 is 0 Å². The van der Waals surface area contributed by atoms with E-state index in [1.165, 1.54) is 0 Å². The van der Waals surface area contributed by atoms with Gasteiger partial charge in [0.05, 0.1) is 0 Å². The van der Waals surface area contributed by atoms with Crippen molar-refractivity contribution < 1.29 is 5.11 Å². The third-order valence-corrected chi connectivity index (χ3v) is 2.06. The minimum atomic E-state index is -0.447. The number of nitrogens with one attached hydrogen (secondary N) is 1. The van der Waals surface area contributed by atoms with E-state index in [2.05, 4.69) is 6.58 Å². The quantitative estimate of drug-likeness (QED) is 0.326. The molecule has 0 amide bonds. The van der Waals surface area contributed by atoms with Crippen molar-refractivity contribution in [2.24, 2.45) is 11.3 Å². The molecule has 1 saturated carbocycles. The zero-order valence-electron chi connectivity index (χ0n) is 5.48. The Labute approximate surface area is 54.7 Å². The lowest BCUT2D eigenvalue weighted by molar-refractivity contribution is -0.222. The van der Waals surface area contributed by atoms with E-state index in [4.69, 9.17) is 5.41 Å². The summed E-state index contributed by atoms with van der Waals surface area (Å²) in [6.07, 6.45) is 2.59. The normalized spacial score (nSPS) is 39.9. The average molecular weight is 124 g/mol. The average Bonchev–Trinajstić information content (AvgIpc) is 2.44. The highest BCUT2D eigenvalue weighted by Crippen LogP contribution is 2.52. The Bertz CT molecular complexity index is 164. The predicted octanol–water partition coefficient (Wildman–Crippen LogP) is 0.536. The fourth-order valence-electron chi connectivity index (χ4n) is 0.999. The van der Waals surface area contributed by atoms with Crippen molar-refractivity contribution in [3.63, 3.8) is 0 Å². The van der Waals surface area contributed by atoms with Crippen LogP contribution in [0.2, 0.25) is 0 Å². The molecule has 2 heteroatoms. The van der Waals surface area contributed by atoms with Gasteiger partial charge in [-0.25, -0.2) is 0 Å². The summed E-state index contributed by atoms with van der Waals surface area (Å²) in [5.41, 5.74) is -0.0428. The first kappa shape index (κ1) is 6.33. The molecule has 1 N–H and O–H groups in total. The van der Waals surface area contributed by atoms with Crippen LogP contribution in [0.25, 0.3) is 0 Å². The largest absolute Gasteiger partial charge is 0.862 e. The monoisotopic (exact) mass is 124 g/mol. The van der Waals surface area contributed by atoms with E-state index >= 15 is 0 Å². The molecular formula is C7H10NO-. The van der Waals surface area contributed by atoms with E-state index in [0.29, 0.717) is 0 Å². The van der Waals surface area contributed by atoms with Gasteiger partial charge in [-0.1, -0.05) is 13.0 Å². The van der Waals surface area contributed by atoms with Crippen LogP contribution in [0.4, 0.5) is 0 Å². The van der Waals surface area contributed by atoms with Crippen molar-refractivity contribution in [3.05, 3.63) is 12.7 Å². The van der Waals surface area contributed by atoms with Crippen molar-refractivity contribution in [3.8, 4) is 0 Å². The molecule has 1 fully saturated rings. The Morgan fingerprint density at radius 3 is 2.67 bits per heavy atom. The Balaban J connectivity index is 2.57. The van der Waals surface area contributed by atoms with Gasteiger partial charge in [-0.05, 0) is 23.7 Å². The molecule has 0 aliphatic heterocycles. The molecular weight excluding hydrogens is 114 g/mol. The topological polar surface area (TPSA) is 46.9 Å². The van der Waals surface area contributed by atoms with Crippen molar-refractivity contribution in [2.75, 3.05) is 0 Å². The summed E-state index contributed by atoms with van der Waals surface area (Å²) in [5.74, 6) is -0.507. The van der Waals surface area contributed by atoms with E-state index < -0.39 is 5.90 Å². The molecule has 0 aromatic heterocycles. The second kappa shape index (κ2) is 1.59. The van der Waals surface area contributed by atoms with E-state index in [-0.39, 0.29) is 11.3 Å². The van der Waals surface area contributed by atoms with Gasteiger partial charge in [-0.2, -0.15) is 0 Å². The van der Waals surface area contributed by atoms with Crippen LogP contribution in [-0.4, -0.2) is 5.90 Å². The van der Waals surface area contributed by atoms with Crippen molar-refractivity contribution in [1.29, 1.82) is 5.41 Å². The minimum absolute atomic E-state index is 0.0428. The third-order valence-electron chi connectivity index (χ3n) is 2.06. The molecule has 2 atom stereocenters. The predicted molar refractivity (Wildman–Crippen MR) is 34.1 cm³/mol. The first-order chi connectivity index (χ1) is 4.10. The highest BCUT2D eigenvalue weighted by Gasteiger charge is 2.47. The van der Waals surface area contributed by atoms with Crippen molar-refractivity contribution in [2.45, 2.75) is 13.3 Å². The fraction of sp³-hybridized carbons (Fsp3) is 0.571. The SMILES string of the molecule is C=CC1(C)C[C@@H]1C(=N)[O-]. The highest BCUT2D eigenvalue weighted by atomic mass is 16.3. The van der Waals surface area contributed by atoms with Crippen LogP contribution in [0.1, 0.15) is 13.3 Å². The summed E-state index contributed by atoms with van der Waals surface area (Å²) < 4.78 is 0. The summed E-state index contributed by atoms with van der Waals surface area (Å²) in [5, 5.41) is 17.2. The van der Waals surface area contributed by atoms with Crippen LogP contribution < -0.4 is 5.11 Å². The zero-order valence-corrected chi connectivity index (χ0v) is 5.48. The Morgan fingerprint density at radius 1 is 2.00 bits per heavy atom. The van der Waals surface area contributed by atoms with Crippen molar-refractivity contribution >= 4 is 5.90 Å². The smallest absolute Gasteiger partial charge is 0.00401 e. The van der Waals surface area contributed by atoms with Crippen LogP contribution in [-0.2, 0) is 0 Å². The molecule has 0 saturated heterocycles. The maximum atomic E-state index is 10.4. The summed E-state index contributed by atoms with van der Waals surface area (Å²) in [7, 11) is 0. The highest BCUT2D eigenvalue weighted by molar-refractivity contribution is 5.75. The maximum absolute atomic E-state index is 10.4. The Morgan fingerprint density at radius 2 is 2.56 bits per heavy atom. The second-order valence-corrected chi connectivity index (χ2v) is 2.83. The van der Waals surface area contributed by atoms with E-state index in [1.807, 2.05) is 6.92 Å². The molecule has 0 heterocycles. The molecule has 2 nitrogen and oxygen atoms in total. The van der Waals surface area contributed by atoms with Gasteiger partial charge in [0.25, 0.3) is 0 Å². The Kier molecular flexibility index (Phi) is 1.12. The van der Waals surface area contributed by atoms with E-state index in [1.54, 1.807) is 6.08 Å². The van der Waals surface area contributed by atoms with E-state index in [9.17, 15) is 5.11 Å². The maximum Gasteiger partial charge on any atom is -0.00401 e. The summed E-state index contributed by atoms with van der Waals surface area (Å²) in [6.45, 7) is 5.55. The molecule has 50 valence electrons. The fourth-order valence-corrected chi connectivity index (χ4v) is 0.999. The van der Waals surface area contributed by atoms with E-state index in [0.717, 1.165) is 6.42 Å². The van der Waals surface area contributed by atoms with Gasteiger partial charge in [0, 0.05) is 0 Å². The minimum Gasteiger partial charge on any atom is -0.862 e.